The second kappa shape index (κ2) is 6.61. The molecule has 4 heteroatoms. The highest BCUT2D eigenvalue weighted by atomic mass is 16.5. The number of rotatable bonds is 6. The molecule has 0 amide bonds. The van der Waals surface area contributed by atoms with Gasteiger partial charge in [0, 0.05) is 0 Å². The van der Waals surface area contributed by atoms with E-state index in [4.69, 9.17) is 14.6 Å². The van der Waals surface area contributed by atoms with Gasteiger partial charge in [-0.3, -0.25) is 4.79 Å². The molecule has 20 heavy (non-hydrogen) atoms. The van der Waals surface area contributed by atoms with Gasteiger partial charge in [0.1, 0.15) is 18.1 Å². The number of benzene rings is 2. The van der Waals surface area contributed by atoms with E-state index in [2.05, 4.69) is 0 Å². The van der Waals surface area contributed by atoms with Crippen molar-refractivity contribution in [3.63, 3.8) is 0 Å². The number of hydrogen-bond acceptors (Lipinski definition) is 3. The predicted molar refractivity (Wildman–Crippen MR) is 75.1 cm³/mol. The Labute approximate surface area is 117 Å². The molecular weight excluding hydrogens is 256 g/mol. The molecule has 0 aliphatic rings. The van der Waals surface area contributed by atoms with Gasteiger partial charge in [0.15, 0.2) is 0 Å². The van der Waals surface area contributed by atoms with E-state index in [1.54, 1.807) is 25.3 Å². The third-order valence-electron chi connectivity index (χ3n) is 2.82. The summed E-state index contributed by atoms with van der Waals surface area (Å²) in [6, 6.07) is 14.7. The van der Waals surface area contributed by atoms with Gasteiger partial charge in [0.05, 0.1) is 13.5 Å². The minimum Gasteiger partial charge on any atom is -0.497 e. The summed E-state index contributed by atoms with van der Waals surface area (Å²) >= 11 is 0. The molecule has 104 valence electrons. The Kier molecular flexibility index (Phi) is 4.60. The van der Waals surface area contributed by atoms with Gasteiger partial charge in [-0.1, -0.05) is 24.3 Å². The van der Waals surface area contributed by atoms with E-state index in [1.807, 2.05) is 30.3 Å². The first-order valence-corrected chi connectivity index (χ1v) is 6.24. The standard InChI is InChI=1S/C16H16O4/c1-19-14-7-5-12(6-8-14)11-20-15-4-2-3-13(9-15)10-16(17)18/h2-9H,10-11H2,1H3,(H,17,18). The maximum absolute atomic E-state index is 10.7. The second-order valence-electron chi connectivity index (χ2n) is 4.35. The highest BCUT2D eigenvalue weighted by molar-refractivity contribution is 5.70. The fraction of sp³-hybridized carbons (Fsp3) is 0.188. The zero-order valence-corrected chi connectivity index (χ0v) is 11.2. The lowest BCUT2D eigenvalue weighted by Crippen LogP contribution is -2.01. The van der Waals surface area contributed by atoms with Gasteiger partial charge in [-0.15, -0.1) is 0 Å². The van der Waals surface area contributed by atoms with Crippen molar-refractivity contribution in [3.05, 3.63) is 59.7 Å². The first kappa shape index (κ1) is 13.9. The third kappa shape index (κ3) is 4.02. The summed E-state index contributed by atoms with van der Waals surface area (Å²) < 4.78 is 10.7. The molecule has 0 fully saturated rings. The Bertz CT molecular complexity index is 575. The van der Waals surface area contributed by atoms with E-state index < -0.39 is 5.97 Å². The number of hydrogen-bond donors (Lipinski definition) is 1. The van der Waals surface area contributed by atoms with E-state index in [-0.39, 0.29) is 6.42 Å². The lowest BCUT2D eigenvalue weighted by Gasteiger charge is -2.08. The molecule has 2 aromatic rings. The van der Waals surface area contributed by atoms with E-state index in [9.17, 15) is 4.79 Å². The Morgan fingerprint density at radius 3 is 2.45 bits per heavy atom. The number of aliphatic carboxylic acids is 1. The normalized spacial score (nSPS) is 10.1. The monoisotopic (exact) mass is 272 g/mol. The van der Waals surface area contributed by atoms with Gasteiger partial charge in [-0.05, 0) is 35.4 Å². The van der Waals surface area contributed by atoms with Gasteiger partial charge in [0.25, 0.3) is 0 Å². The van der Waals surface area contributed by atoms with Gasteiger partial charge in [-0.2, -0.15) is 0 Å². The molecule has 0 heterocycles. The lowest BCUT2D eigenvalue weighted by atomic mass is 10.1. The van der Waals surface area contributed by atoms with Crippen molar-refractivity contribution in [2.45, 2.75) is 13.0 Å². The summed E-state index contributed by atoms with van der Waals surface area (Å²) in [7, 11) is 1.62. The van der Waals surface area contributed by atoms with Crippen LogP contribution in [0.3, 0.4) is 0 Å². The number of carbonyl (C=O) groups is 1. The largest absolute Gasteiger partial charge is 0.497 e. The van der Waals surface area contributed by atoms with E-state index in [0.29, 0.717) is 12.4 Å². The van der Waals surface area contributed by atoms with Crippen molar-refractivity contribution in [1.29, 1.82) is 0 Å². The maximum atomic E-state index is 10.7. The van der Waals surface area contributed by atoms with Crippen LogP contribution in [0.1, 0.15) is 11.1 Å². The molecule has 0 atom stereocenters. The summed E-state index contributed by atoms with van der Waals surface area (Å²) in [5, 5.41) is 8.76. The predicted octanol–water partition coefficient (Wildman–Crippen LogP) is 2.90. The molecule has 0 aliphatic carbocycles. The molecule has 0 spiro atoms. The third-order valence-corrected chi connectivity index (χ3v) is 2.82. The van der Waals surface area contributed by atoms with Crippen LogP contribution in [0.4, 0.5) is 0 Å². The minimum absolute atomic E-state index is 0.000262. The Morgan fingerprint density at radius 1 is 1.05 bits per heavy atom. The minimum atomic E-state index is -0.850. The Morgan fingerprint density at radius 2 is 1.80 bits per heavy atom. The zero-order valence-electron chi connectivity index (χ0n) is 11.2. The molecule has 0 saturated heterocycles. The van der Waals surface area contributed by atoms with Gasteiger partial charge >= 0.3 is 5.97 Å². The zero-order chi connectivity index (χ0) is 14.4. The van der Waals surface area contributed by atoms with Crippen LogP contribution in [-0.4, -0.2) is 18.2 Å². The summed E-state index contributed by atoms with van der Waals surface area (Å²) in [4.78, 5) is 10.7. The Balaban J connectivity index is 1.97. The van der Waals surface area contributed by atoms with Crippen LogP contribution in [0.25, 0.3) is 0 Å². The summed E-state index contributed by atoms with van der Waals surface area (Å²) in [6.45, 7) is 0.431. The van der Waals surface area contributed by atoms with Crippen LogP contribution in [0, 0.1) is 0 Å². The first-order chi connectivity index (χ1) is 9.67. The summed E-state index contributed by atoms with van der Waals surface area (Å²) in [5.41, 5.74) is 1.75. The molecule has 1 N–H and O–H groups in total. The Hall–Kier alpha value is -2.49. The molecule has 0 bridgehead atoms. The average Bonchev–Trinajstić information content (AvgIpc) is 2.45. The SMILES string of the molecule is COc1ccc(COc2cccc(CC(=O)O)c2)cc1. The van der Waals surface area contributed by atoms with Crippen molar-refractivity contribution in [2.75, 3.05) is 7.11 Å². The molecule has 2 rings (SSSR count). The van der Waals surface area contributed by atoms with Gasteiger partial charge in [-0.25, -0.2) is 0 Å². The molecule has 0 unspecified atom stereocenters. The van der Waals surface area contributed by atoms with Gasteiger partial charge in [0.2, 0.25) is 0 Å². The van der Waals surface area contributed by atoms with Crippen LogP contribution in [0.5, 0.6) is 11.5 Å². The van der Waals surface area contributed by atoms with Crippen molar-refractivity contribution in [2.24, 2.45) is 0 Å². The number of methoxy groups -OCH3 is 1. The van der Waals surface area contributed by atoms with E-state index >= 15 is 0 Å². The maximum Gasteiger partial charge on any atom is 0.307 e. The number of ether oxygens (including phenoxy) is 2. The second-order valence-corrected chi connectivity index (χ2v) is 4.35. The topological polar surface area (TPSA) is 55.8 Å². The molecular formula is C16H16O4. The molecule has 0 aliphatic heterocycles. The van der Waals surface area contributed by atoms with Crippen molar-refractivity contribution < 1.29 is 19.4 Å². The molecule has 0 radical (unpaired) electrons. The fourth-order valence-corrected chi connectivity index (χ4v) is 1.81. The van der Waals surface area contributed by atoms with Crippen LogP contribution >= 0.6 is 0 Å². The number of carboxylic acids is 1. The van der Waals surface area contributed by atoms with Crippen LogP contribution in [0.15, 0.2) is 48.5 Å². The van der Waals surface area contributed by atoms with Gasteiger partial charge < -0.3 is 14.6 Å². The van der Waals surface area contributed by atoms with Crippen LogP contribution in [0.2, 0.25) is 0 Å². The molecule has 2 aromatic carbocycles. The summed E-state index contributed by atoms with van der Waals surface area (Å²) in [5.74, 6) is 0.620. The number of carboxylic acid groups (broad SMARTS) is 1. The summed E-state index contributed by atoms with van der Waals surface area (Å²) in [6.07, 6.45) is -0.000262. The van der Waals surface area contributed by atoms with Crippen molar-refractivity contribution >= 4 is 5.97 Å². The molecule has 4 nitrogen and oxygen atoms in total. The van der Waals surface area contributed by atoms with Crippen molar-refractivity contribution in [3.8, 4) is 11.5 Å². The molecule has 0 aromatic heterocycles. The first-order valence-electron chi connectivity index (χ1n) is 6.24. The van der Waals surface area contributed by atoms with E-state index in [1.165, 1.54) is 0 Å². The van der Waals surface area contributed by atoms with Crippen LogP contribution in [-0.2, 0) is 17.8 Å². The van der Waals surface area contributed by atoms with Crippen LogP contribution < -0.4 is 9.47 Å². The quantitative estimate of drug-likeness (QED) is 0.878. The highest BCUT2D eigenvalue weighted by Crippen LogP contribution is 2.17. The highest BCUT2D eigenvalue weighted by Gasteiger charge is 2.02. The van der Waals surface area contributed by atoms with E-state index in [0.717, 1.165) is 16.9 Å². The fourth-order valence-electron chi connectivity index (χ4n) is 1.81. The average molecular weight is 272 g/mol. The van der Waals surface area contributed by atoms with Crippen molar-refractivity contribution in [1.82, 2.24) is 0 Å². The smallest absolute Gasteiger partial charge is 0.307 e. The lowest BCUT2D eigenvalue weighted by molar-refractivity contribution is -0.136. The molecule has 0 saturated carbocycles.